The molecule has 2 aliphatic rings. The molecule has 2 unspecified atom stereocenters. The highest BCUT2D eigenvalue weighted by molar-refractivity contribution is 14.0. The number of rotatable bonds is 7. The quantitative estimate of drug-likeness (QED) is 0.307. The minimum Gasteiger partial charge on any atom is -0.497 e. The van der Waals surface area contributed by atoms with E-state index in [-0.39, 0.29) is 30.0 Å². The van der Waals surface area contributed by atoms with Crippen molar-refractivity contribution in [3.63, 3.8) is 0 Å². The Morgan fingerprint density at radius 3 is 2.74 bits per heavy atom. The number of methoxy groups -OCH3 is 1. The van der Waals surface area contributed by atoms with Gasteiger partial charge in [-0.15, -0.1) is 24.0 Å². The third kappa shape index (κ3) is 8.21. The van der Waals surface area contributed by atoms with Gasteiger partial charge in [-0.3, -0.25) is 9.89 Å². The van der Waals surface area contributed by atoms with Crippen molar-refractivity contribution in [3.05, 3.63) is 24.3 Å². The number of halogens is 4. The molecule has 2 saturated heterocycles. The highest BCUT2D eigenvalue weighted by Crippen LogP contribution is 2.27. The van der Waals surface area contributed by atoms with Gasteiger partial charge in [0.1, 0.15) is 5.75 Å². The van der Waals surface area contributed by atoms with Crippen molar-refractivity contribution < 1.29 is 17.9 Å². The van der Waals surface area contributed by atoms with Crippen LogP contribution in [0.5, 0.6) is 5.75 Å². The maximum absolute atomic E-state index is 12.6. The van der Waals surface area contributed by atoms with Crippen molar-refractivity contribution in [3.8, 4) is 5.75 Å². The summed E-state index contributed by atoms with van der Waals surface area (Å²) in [7, 11) is 1.67. The van der Waals surface area contributed by atoms with Crippen LogP contribution in [0.3, 0.4) is 0 Å². The van der Waals surface area contributed by atoms with Gasteiger partial charge in [-0.25, -0.2) is 0 Å². The molecule has 2 N–H and O–H groups in total. The zero-order valence-electron chi connectivity index (χ0n) is 18.1. The Kier molecular flexibility index (Phi) is 9.98. The molecule has 31 heavy (non-hydrogen) atoms. The van der Waals surface area contributed by atoms with Crippen molar-refractivity contribution in [2.24, 2.45) is 10.9 Å². The molecule has 0 spiro atoms. The van der Waals surface area contributed by atoms with Crippen LogP contribution in [0.4, 0.5) is 18.9 Å². The second-order valence-electron chi connectivity index (χ2n) is 8.00. The van der Waals surface area contributed by atoms with E-state index in [0.717, 1.165) is 30.9 Å². The van der Waals surface area contributed by atoms with Crippen LogP contribution in [0.2, 0.25) is 0 Å². The summed E-state index contributed by atoms with van der Waals surface area (Å²) in [5, 5.41) is 6.54. The molecule has 2 atom stereocenters. The Morgan fingerprint density at radius 1 is 1.23 bits per heavy atom. The molecule has 0 saturated carbocycles. The molecule has 1 aromatic carbocycles. The van der Waals surface area contributed by atoms with Crippen LogP contribution in [0.25, 0.3) is 0 Å². The summed E-state index contributed by atoms with van der Waals surface area (Å²) >= 11 is 0. The molecule has 2 heterocycles. The van der Waals surface area contributed by atoms with Crippen LogP contribution in [0.15, 0.2) is 29.3 Å². The van der Waals surface area contributed by atoms with E-state index in [9.17, 15) is 13.2 Å². The first-order valence-corrected chi connectivity index (χ1v) is 10.6. The highest BCUT2D eigenvalue weighted by atomic mass is 127. The lowest BCUT2D eigenvalue weighted by Gasteiger charge is -2.20. The fourth-order valence-corrected chi connectivity index (χ4v) is 4.10. The Balaban J connectivity index is 0.00000341. The first-order chi connectivity index (χ1) is 14.4. The molecule has 3 rings (SSSR count). The fraction of sp³-hybridized carbons (Fsp3) is 0.667. The monoisotopic (exact) mass is 555 g/mol. The number of benzene rings is 1. The SMILES string of the molecule is CCNC(=NCC1CCN(c2cccc(OC)c2)C1)NC1CCN(CC(F)(F)F)C1.I. The highest BCUT2D eigenvalue weighted by Gasteiger charge is 2.34. The zero-order valence-corrected chi connectivity index (χ0v) is 20.5. The van der Waals surface area contributed by atoms with Gasteiger partial charge < -0.3 is 20.3 Å². The van der Waals surface area contributed by atoms with E-state index < -0.39 is 12.7 Å². The van der Waals surface area contributed by atoms with Gasteiger partial charge in [0.25, 0.3) is 0 Å². The molecular weight excluding hydrogens is 522 g/mol. The predicted octanol–water partition coefficient (Wildman–Crippen LogP) is 3.33. The Morgan fingerprint density at radius 2 is 2.03 bits per heavy atom. The maximum Gasteiger partial charge on any atom is 0.401 e. The number of alkyl halides is 3. The van der Waals surface area contributed by atoms with E-state index in [4.69, 9.17) is 9.73 Å². The minimum absolute atomic E-state index is 0. The summed E-state index contributed by atoms with van der Waals surface area (Å²) in [5.74, 6) is 1.98. The van der Waals surface area contributed by atoms with Crippen LogP contribution in [0, 0.1) is 5.92 Å². The van der Waals surface area contributed by atoms with E-state index in [2.05, 4.69) is 21.6 Å². The second-order valence-corrected chi connectivity index (χ2v) is 8.00. The number of guanidine groups is 1. The number of hydrogen-bond acceptors (Lipinski definition) is 4. The van der Waals surface area contributed by atoms with Crippen molar-refractivity contribution in [1.82, 2.24) is 15.5 Å². The van der Waals surface area contributed by atoms with Crippen LogP contribution in [-0.4, -0.2) is 76.0 Å². The third-order valence-corrected chi connectivity index (χ3v) is 5.57. The van der Waals surface area contributed by atoms with Crippen molar-refractivity contribution in [2.75, 3.05) is 57.8 Å². The molecular formula is C21H33F3IN5O. The summed E-state index contributed by atoms with van der Waals surface area (Å²) < 4.78 is 43.1. The van der Waals surface area contributed by atoms with Crippen LogP contribution < -0.4 is 20.3 Å². The Labute approximate surface area is 199 Å². The van der Waals surface area contributed by atoms with Crippen LogP contribution in [0.1, 0.15) is 19.8 Å². The Hall–Kier alpha value is -1.43. The standard InChI is InChI=1S/C21H32F3N5O.HI/c1-3-25-20(27-17-8-9-28(14-17)15-21(22,23)24)26-12-16-7-10-29(13-16)18-5-4-6-19(11-18)30-2;/h4-6,11,16-17H,3,7-10,12-15H2,1-2H3,(H2,25,26,27);1H. The van der Waals surface area contributed by atoms with Crippen molar-refractivity contribution >= 4 is 35.6 Å². The van der Waals surface area contributed by atoms with Gasteiger partial charge in [-0.05, 0) is 37.8 Å². The van der Waals surface area contributed by atoms with E-state index in [1.807, 2.05) is 25.1 Å². The van der Waals surface area contributed by atoms with E-state index in [1.54, 1.807) is 7.11 Å². The average Bonchev–Trinajstić information content (AvgIpc) is 3.34. The fourth-order valence-electron chi connectivity index (χ4n) is 4.10. The number of hydrogen-bond donors (Lipinski definition) is 2. The van der Waals surface area contributed by atoms with Gasteiger partial charge in [-0.2, -0.15) is 13.2 Å². The average molecular weight is 555 g/mol. The molecule has 1 aromatic rings. The van der Waals surface area contributed by atoms with E-state index in [1.165, 1.54) is 4.90 Å². The zero-order chi connectivity index (χ0) is 21.6. The lowest BCUT2D eigenvalue weighted by molar-refractivity contribution is -0.143. The van der Waals surface area contributed by atoms with E-state index in [0.29, 0.717) is 44.5 Å². The molecule has 2 fully saturated rings. The molecule has 10 heteroatoms. The number of nitrogens with zero attached hydrogens (tertiary/aromatic N) is 3. The molecule has 176 valence electrons. The summed E-state index contributed by atoms with van der Waals surface area (Å²) in [6.07, 6.45) is -2.40. The normalized spacial score (nSPS) is 22.4. The smallest absolute Gasteiger partial charge is 0.401 e. The topological polar surface area (TPSA) is 52.1 Å². The van der Waals surface area contributed by atoms with Gasteiger partial charge >= 0.3 is 6.18 Å². The second kappa shape index (κ2) is 12.0. The third-order valence-electron chi connectivity index (χ3n) is 5.57. The lowest BCUT2D eigenvalue weighted by Crippen LogP contribution is -2.45. The molecule has 0 radical (unpaired) electrons. The van der Waals surface area contributed by atoms with Gasteiger partial charge in [0.2, 0.25) is 0 Å². The molecule has 0 bridgehead atoms. The Bertz CT molecular complexity index is 719. The first-order valence-electron chi connectivity index (χ1n) is 10.6. The molecule has 0 aliphatic carbocycles. The lowest BCUT2D eigenvalue weighted by atomic mass is 10.1. The summed E-state index contributed by atoms with van der Waals surface area (Å²) in [6.45, 7) is 5.29. The number of anilines is 1. The number of aliphatic imine (C=N–C) groups is 1. The number of nitrogens with one attached hydrogen (secondary N) is 2. The maximum atomic E-state index is 12.6. The van der Waals surface area contributed by atoms with Crippen LogP contribution >= 0.6 is 24.0 Å². The largest absolute Gasteiger partial charge is 0.497 e. The molecule has 0 amide bonds. The summed E-state index contributed by atoms with van der Waals surface area (Å²) in [6, 6.07) is 8.06. The van der Waals surface area contributed by atoms with Crippen LogP contribution in [-0.2, 0) is 0 Å². The summed E-state index contributed by atoms with van der Waals surface area (Å²) in [5.41, 5.74) is 1.15. The predicted molar refractivity (Wildman–Crippen MR) is 129 cm³/mol. The minimum atomic E-state index is -4.15. The van der Waals surface area contributed by atoms with E-state index >= 15 is 0 Å². The first kappa shape index (κ1) is 25.8. The van der Waals surface area contributed by atoms with Gasteiger partial charge in [0.05, 0.1) is 13.7 Å². The number of ether oxygens (including phenoxy) is 1. The van der Waals surface area contributed by atoms with Gasteiger partial charge in [0, 0.05) is 57.1 Å². The number of likely N-dealkylation sites (tertiary alicyclic amines) is 1. The van der Waals surface area contributed by atoms with Crippen molar-refractivity contribution in [2.45, 2.75) is 32.0 Å². The molecule has 2 aliphatic heterocycles. The molecule has 6 nitrogen and oxygen atoms in total. The summed E-state index contributed by atoms with van der Waals surface area (Å²) in [4.78, 5) is 8.51. The van der Waals surface area contributed by atoms with Gasteiger partial charge in [-0.1, -0.05) is 6.07 Å². The van der Waals surface area contributed by atoms with Crippen molar-refractivity contribution in [1.29, 1.82) is 0 Å². The molecule has 0 aromatic heterocycles. The van der Waals surface area contributed by atoms with Gasteiger partial charge in [0.15, 0.2) is 5.96 Å².